The van der Waals surface area contributed by atoms with E-state index in [1.807, 2.05) is 6.07 Å². The number of pyridine rings is 1. The van der Waals surface area contributed by atoms with Crippen LogP contribution in [0.4, 0.5) is 5.95 Å². The zero-order valence-corrected chi connectivity index (χ0v) is 23.9. The average Bonchev–Trinajstić information content (AvgIpc) is 3.56. The van der Waals surface area contributed by atoms with E-state index in [-0.39, 0.29) is 18.4 Å². The number of aryl methyl sites for hydroxylation is 2. The molecule has 218 valence electrons. The van der Waals surface area contributed by atoms with Gasteiger partial charge in [-0.3, -0.25) is 9.88 Å². The predicted molar refractivity (Wildman–Crippen MR) is 159 cm³/mol. The van der Waals surface area contributed by atoms with E-state index in [0.717, 1.165) is 54.9 Å². The minimum absolute atomic E-state index is 0.0773. The lowest BCUT2D eigenvalue weighted by Gasteiger charge is -2.27. The molecule has 4 heterocycles. The molecule has 0 bridgehead atoms. The van der Waals surface area contributed by atoms with Crippen LogP contribution in [-0.4, -0.2) is 75.1 Å². The van der Waals surface area contributed by atoms with E-state index in [2.05, 4.69) is 48.9 Å². The first-order valence-corrected chi connectivity index (χ1v) is 14.0. The number of carbonyl (C=O) groups excluding carboxylic acids is 1. The Labute approximate surface area is 244 Å². The maximum atomic E-state index is 12.2. The second kappa shape index (κ2) is 12.7. The van der Waals surface area contributed by atoms with Crippen LogP contribution in [0.1, 0.15) is 45.5 Å². The first kappa shape index (κ1) is 24.8. The second-order valence-electron chi connectivity index (χ2n) is 10.7. The van der Waals surface area contributed by atoms with Crippen molar-refractivity contribution in [3.63, 3.8) is 0 Å². The highest BCUT2D eigenvalue weighted by molar-refractivity contribution is 5.90. The van der Waals surface area contributed by atoms with E-state index >= 15 is 0 Å². The minimum Gasteiger partial charge on any atom is -0.477 e. The summed E-state index contributed by atoms with van der Waals surface area (Å²) in [7, 11) is 1.30. The summed E-state index contributed by atoms with van der Waals surface area (Å²) in [6, 6.07) is 9.52. The number of anilines is 1. The van der Waals surface area contributed by atoms with Gasteiger partial charge in [0.15, 0.2) is 0 Å². The molecule has 1 aliphatic heterocycles. The highest BCUT2D eigenvalue weighted by Gasteiger charge is 2.18. The quantitative estimate of drug-likeness (QED) is 0.209. The van der Waals surface area contributed by atoms with Crippen LogP contribution in [-0.2, 0) is 24.8 Å². The molecule has 0 spiro atoms. The number of hydrogen-bond donors (Lipinski definition) is 2. The molecule has 41 heavy (non-hydrogen) atoms. The number of fused-ring (bicyclic) bond motifs is 1. The third-order valence-electron chi connectivity index (χ3n) is 7.41. The number of methoxy groups -OCH3 is 1. The molecular weight excluding hydrogens is 520 g/mol. The van der Waals surface area contributed by atoms with Gasteiger partial charge in [-0.25, -0.2) is 14.5 Å². The Bertz CT molecular complexity index is 1610. The van der Waals surface area contributed by atoms with Crippen molar-refractivity contribution in [2.75, 3.05) is 45.6 Å². The summed E-state index contributed by atoms with van der Waals surface area (Å²) in [6.07, 6.45) is 2.88. The van der Waals surface area contributed by atoms with Crippen molar-refractivity contribution < 1.29 is 18.4 Å². The van der Waals surface area contributed by atoms with E-state index < -0.39 is 12.9 Å². The molecule has 4 aromatic rings. The number of nitrogens with two attached hydrogens (primary N) is 1. The summed E-state index contributed by atoms with van der Waals surface area (Å²) in [4.78, 5) is 23.7. The van der Waals surface area contributed by atoms with Crippen molar-refractivity contribution in [2.24, 2.45) is 12.9 Å². The van der Waals surface area contributed by atoms with Crippen molar-refractivity contribution >= 4 is 23.0 Å². The number of esters is 1. The van der Waals surface area contributed by atoms with Crippen molar-refractivity contribution in [3.8, 4) is 17.1 Å². The fraction of sp³-hybridized carbons (Fsp3) is 0.467. The molecule has 1 saturated heterocycles. The number of carbonyl (C=O) groups is 1. The predicted octanol–water partition coefficient (Wildman–Crippen LogP) is 3.41. The Balaban J connectivity index is 1.25. The lowest BCUT2D eigenvalue weighted by molar-refractivity contribution is 0.0600. The molecule has 1 aliphatic rings. The first-order chi connectivity index (χ1) is 21.0. The molecule has 0 radical (unpaired) electrons. The molecule has 3 aromatic heterocycles. The summed E-state index contributed by atoms with van der Waals surface area (Å²) < 4.78 is 37.7. The lowest BCUT2D eigenvalue weighted by Crippen LogP contribution is -2.42. The fourth-order valence-corrected chi connectivity index (χ4v) is 5.30. The van der Waals surface area contributed by atoms with Crippen molar-refractivity contribution in [1.29, 1.82) is 0 Å². The van der Waals surface area contributed by atoms with E-state index in [1.165, 1.54) is 18.9 Å². The lowest BCUT2D eigenvalue weighted by atomic mass is 10.1. The Kier molecular flexibility index (Phi) is 7.68. The van der Waals surface area contributed by atoms with Gasteiger partial charge >= 0.3 is 5.97 Å². The van der Waals surface area contributed by atoms with Crippen LogP contribution in [0.2, 0.25) is 0 Å². The van der Waals surface area contributed by atoms with Gasteiger partial charge in [0.25, 0.3) is 0 Å². The summed E-state index contributed by atoms with van der Waals surface area (Å²) >= 11 is 0. The first-order valence-electron chi connectivity index (χ1n) is 15.5. The third kappa shape index (κ3) is 6.68. The van der Waals surface area contributed by atoms with Crippen LogP contribution >= 0.6 is 0 Å². The van der Waals surface area contributed by atoms with E-state index in [4.69, 9.17) is 19.3 Å². The molecule has 0 aliphatic carbocycles. The Morgan fingerprint density at radius 2 is 2.05 bits per heavy atom. The van der Waals surface area contributed by atoms with Gasteiger partial charge in [-0.2, -0.15) is 5.10 Å². The monoisotopic (exact) mass is 563 g/mol. The minimum atomic E-state index is -2.56. The van der Waals surface area contributed by atoms with Gasteiger partial charge in [0.2, 0.25) is 11.8 Å². The Morgan fingerprint density at radius 1 is 1.22 bits per heavy atom. The van der Waals surface area contributed by atoms with Crippen LogP contribution in [0.5, 0.6) is 5.88 Å². The number of hydrogen-bond acceptors (Lipinski definition) is 9. The van der Waals surface area contributed by atoms with Gasteiger partial charge in [-0.05, 0) is 55.5 Å². The van der Waals surface area contributed by atoms with Gasteiger partial charge in [0.05, 0.1) is 47.8 Å². The molecular formula is C30H40N8O3. The van der Waals surface area contributed by atoms with Gasteiger partial charge in [0, 0.05) is 56.1 Å². The van der Waals surface area contributed by atoms with Crippen LogP contribution in [0.25, 0.3) is 22.3 Å². The SMILES string of the molecule is [2H]C([2H])([2H])n1ncc(-c2cc(C(=O)OC)cc(C)n2)c1OCCCC(C)Cn1c(N)nc2ccc(CN3CCNCC3)cc21. The number of imidazole rings is 1. The van der Waals surface area contributed by atoms with Crippen molar-refractivity contribution in [1.82, 2.24) is 34.5 Å². The standard InChI is InChI=1S/C30H40N8O3/c1-20(18-38-27-15-22(7-8-25(27)35-30(38)31)19-37-11-9-32-10-12-37)6-5-13-41-28-24(17-33-36(28)3)26-16-23(29(39)40-4)14-21(2)34-26/h7-8,14-17,20,32H,5-6,9-13,18-19H2,1-4H3,(H2,31,35)/i3D3. The van der Waals surface area contributed by atoms with E-state index in [0.29, 0.717) is 41.4 Å². The maximum Gasteiger partial charge on any atom is 0.337 e. The number of nitrogens with one attached hydrogen (secondary N) is 1. The summed E-state index contributed by atoms with van der Waals surface area (Å²) in [6.45, 7) is 7.28. The zero-order valence-electron chi connectivity index (χ0n) is 26.9. The molecule has 11 heteroatoms. The number of benzene rings is 1. The fourth-order valence-electron chi connectivity index (χ4n) is 5.30. The molecule has 3 N–H and O–H groups in total. The summed E-state index contributed by atoms with van der Waals surface area (Å²) in [5.74, 6) is 0.306. The smallest absolute Gasteiger partial charge is 0.337 e. The van der Waals surface area contributed by atoms with Crippen LogP contribution in [0.15, 0.2) is 36.5 Å². The van der Waals surface area contributed by atoms with Crippen LogP contribution in [0.3, 0.4) is 0 Å². The van der Waals surface area contributed by atoms with Crippen LogP contribution < -0.4 is 15.8 Å². The topological polar surface area (TPSA) is 125 Å². The average molecular weight is 564 g/mol. The summed E-state index contributed by atoms with van der Waals surface area (Å²) in [5.41, 5.74) is 11.1. The third-order valence-corrected chi connectivity index (χ3v) is 7.41. The van der Waals surface area contributed by atoms with E-state index in [9.17, 15) is 4.79 Å². The van der Waals surface area contributed by atoms with E-state index in [1.54, 1.807) is 19.1 Å². The molecule has 1 atom stereocenters. The maximum absolute atomic E-state index is 12.2. The zero-order chi connectivity index (χ0) is 31.4. The number of ether oxygens (including phenoxy) is 2. The number of nitrogens with zero attached hydrogens (tertiary/aromatic N) is 6. The molecule has 1 fully saturated rings. The van der Waals surface area contributed by atoms with Crippen molar-refractivity contribution in [2.45, 2.75) is 39.8 Å². The normalized spacial score (nSPS) is 16.2. The molecule has 1 unspecified atom stereocenters. The Hall–Kier alpha value is -3.96. The summed E-state index contributed by atoms with van der Waals surface area (Å²) in [5, 5.41) is 7.47. The number of rotatable bonds is 11. The number of nitrogen functional groups attached to an aromatic ring is 1. The number of piperazine rings is 1. The van der Waals surface area contributed by atoms with Crippen molar-refractivity contribution in [3.05, 3.63) is 53.3 Å². The highest BCUT2D eigenvalue weighted by atomic mass is 16.5. The molecule has 0 saturated carbocycles. The van der Waals surface area contributed by atoms with Gasteiger partial charge in [-0.1, -0.05) is 13.0 Å². The largest absolute Gasteiger partial charge is 0.477 e. The van der Waals surface area contributed by atoms with Gasteiger partial charge in [-0.15, -0.1) is 0 Å². The number of aromatic nitrogens is 5. The van der Waals surface area contributed by atoms with Gasteiger partial charge < -0.3 is 25.1 Å². The van der Waals surface area contributed by atoms with Gasteiger partial charge in [0.1, 0.15) is 0 Å². The molecule has 11 nitrogen and oxygen atoms in total. The molecule has 0 amide bonds. The molecule has 1 aromatic carbocycles. The Morgan fingerprint density at radius 3 is 2.83 bits per heavy atom. The molecule has 5 rings (SSSR count). The van der Waals surface area contributed by atoms with Crippen LogP contribution in [0, 0.1) is 12.8 Å². The second-order valence-corrected chi connectivity index (χ2v) is 10.7. The highest BCUT2D eigenvalue weighted by Crippen LogP contribution is 2.30.